The maximum atomic E-state index is 13.5. The zero-order valence-corrected chi connectivity index (χ0v) is 22.0. The Morgan fingerprint density at radius 1 is 1.19 bits per heavy atom. The fourth-order valence-electron chi connectivity index (χ4n) is 5.59. The predicted molar refractivity (Wildman–Crippen MR) is 142 cm³/mol. The highest BCUT2D eigenvalue weighted by Gasteiger charge is 2.29. The van der Waals surface area contributed by atoms with Crippen molar-refractivity contribution in [1.82, 2.24) is 19.8 Å². The lowest BCUT2D eigenvalue weighted by molar-refractivity contribution is 0.0950. The molecule has 0 aliphatic carbocycles. The lowest BCUT2D eigenvalue weighted by Gasteiger charge is -2.36. The first kappa shape index (κ1) is 26.0. The first-order valence-corrected chi connectivity index (χ1v) is 12.7. The lowest BCUT2D eigenvalue weighted by Crippen LogP contribution is -2.38. The summed E-state index contributed by atoms with van der Waals surface area (Å²) in [6.07, 6.45) is 2.24. The van der Waals surface area contributed by atoms with E-state index in [0.29, 0.717) is 28.5 Å². The molecule has 3 aromatic rings. The summed E-state index contributed by atoms with van der Waals surface area (Å²) in [4.78, 5) is 31.2. The van der Waals surface area contributed by atoms with Crippen molar-refractivity contribution >= 4 is 16.8 Å². The Morgan fingerprint density at radius 3 is 2.61 bits per heavy atom. The number of carbonyl (C=O) groups excluding carboxylic acids is 1. The van der Waals surface area contributed by atoms with E-state index in [2.05, 4.69) is 32.8 Å². The number of H-pyrrole nitrogens is 1. The average Bonchev–Trinajstić information content (AvgIpc) is 3.17. The highest BCUT2D eigenvalue weighted by atomic mass is 16.5. The van der Waals surface area contributed by atoms with Crippen LogP contribution in [-0.2, 0) is 11.3 Å². The van der Waals surface area contributed by atoms with Gasteiger partial charge in [0.25, 0.3) is 11.5 Å². The van der Waals surface area contributed by atoms with E-state index >= 15 is 0 Å². The Bertz CT molecular complexity index is 1270. The Kier molecular flexibility index (Phi) is 8.16. The summed E-state index contributed by atoms with van der Waals surface area (Å²) in [5.41, 5.74) is 3.55. The van der Waals surface area contributed by atoms with Gasteiger partial charge in [0.15, 0.2) is 0 Å². The minimum atomic E-state index is -0.253. The smallest absolute Gasteiger partial charge is 0.256 e. The third kappa shape index (κ3) is 5.20. The quantitative estimate of drug-likeness (QED) is 0.472. The number of amides is 1. The van der Waals surface area contributed by atoms with Gasteiger partial charge in [-0.05, 0) is 64.8 Å². The first-order valence-electron chi connectivity index (χ1n) is 12.7. The highest BCUT2D eigenvalue weighted by Crippen LogP contribution is 2.35. The van der Waals surface area contributed by atoms with Crippen LogP contribution in [0.3, 0.4) is 0 Å². The molecule has 3 heterocycles. The molecule has 4 rings (SSSR count). The van der Waals surface area contributed by atoms with Crippen molar-refractivity contribution < 1.29 is 14.3 Å². The van der Waals surface area contributed by atoms with Crippen molar-refractivity contribution in [2.45, 2.75) is 46.2 Å². The van der Waals surface area contributed by atoms with Gasteiger partial charge in [-0.25, -0.2) is 0 Å². The molecule has 1 aromatic carbocycles. The molecule has 0 radical (unpaired) electrons. The molecule has 0 saturated carbocycles. The monoisotopic (exact) mass is 494 g/mol. The third-order valence-corrected chi connectivity index (χ3v) is 7.59. The number of likely N-dealkylation sites (tertiary alicyclic amines) is 1. The molecule has 0 bridgehead atoms. The number of carbonyl (C=O) groups is 1. The number of hydrogen-bond acceptors (Lipinski definition) is 5. The Hall–Kier alpha value is -3.10. The van der Waals surface area contributed by atoms with Crippen molar-refractivity contribution in [2.75, 3.05) is 40.5 Å². The van der Waals surface area contributed by atoms with Crippen LogP contribution in [0.4, 0.5) is 0 Å². The van der Waals surface area contributed by atoms with Gasteiger partial charge < -0.3 is 29.2 Å². The van der Waals surface area contributed by atoms with Gasteiger partial charge in [-0.2, -0.15) is 0 Å². The van der Waals surface area contributed by atoms with E-state index in [1.807, 2.05) is 25.1 Å². The highest BCUT2D eigenvalue weighted by molar-refractivity contribution is 6.08. The van der Waals surface area contributed by atoms with Gasteiger partial charge in [0.1, 0.15) is 5.75 Å². The largest absolute Gasteiger partial charge is 0.496 e. The Balaban J connectivity index is 1.58. The van der Waals surface area contributed by atoms with Crippen LogP contribution in [-0.4, -0.2) is 60.8 Å². The first-order chi connectivity index (χ1) is 17.3. The maximum absolute atomic E-state index is 13.5. The molecule has 36 heavy (non-hydrogen) atoms. The lowest BCUT2D eigenvalue weighted by atomic mass is 9.90. The Labute approximate surface area is 212 Å². The normalized spacial score (nSPS) is 15.8. The molecular weight excluding hydrogens is 456 g/mol. The number of hydrogen-bond donors (Lipinski definition) is 2. The topological polar surface area (TPSA) is 88.6 Å². The van der Waals surface area contributed by atoms with E-state index < -0.39 is 0 Å². The zero-order valence-electron chi connectivity index (χ0n) is 22.0. The minimum absolute atomic E-state index is 0.0893. The number of methoxy groups -OCH3 is 2. The molecule has 1 saturated heterocycles. The summed E-state index contributed by atoms with van der Waals surface area (Å²) < 4.78 is 13.0. The number of ether oxygens (including phenoxy) is 2. The van der Waals surface area contributed by atoms with Gasteiger partial charge in [0.05, 0.1) is 31.4 Å². The van der Waals surface area contributed by atoms with Crippen molar-refractivity contribution in [3.63, 3.8) is 0 Å². The second-order valence-corrected chi connectivity index (χ2v) is 9.77. The number of benzene rings is 1. The number of fused-ring (bicyclic) bond motifs is 1. The van der Waals surface area contributed by atoms with E-state index in [4.69, 9.17) is 9.47 Å². The average molecular weight is 495 g/mol. The number of aromatic nitrogens is 2. The molecule has 0 spiro atoms. The number of piperidine rings is 1. The Morgan fingerprint density at radius 2 is 1.92 bits per heavy atom. The molecule has 1 fully saturated rings. The summed E-state index contributed by atoms with van der Waals surface area (Å²) >= 11 is 0. The van der Waals surface area contributed by atoms with E-state index in [1.165, 1.54) is 7.11 Å². The number of para-hydroxylation sites is 1. The van der Waals surface area contributed by atoms with Crippen LogP contribution in [0.1, 0.15) is 53.1 Å². The maximum Gasteiger partial charge on any atom is 0.256 e. The molecule has 8 nitrogen and oxygen atoms in total. The van der Waals surface area contributed by atoms with Crippen molar-refractivity contribution in [3.8, 4) is 5.75 Å². The summed E-state index contributed by atoms with van der Waals surface area (Å²) in [6, 6.07) is 10.1. The molecule has 1 atom stereocenters. The zero-order chi connectivity index (χ0) is 25.8. The van der Waals surface area contributed by atoms with Gasteiger partial charge in [-0.15, -0.1) is 0 Å². The number of aryl methyl sites for hydroxylation is 1. The van der Waals surface area contributed by atoms with Gasteiger partial charge in [0, 0.05) is 42.0 Å². The number of nitrogens with zero attached hydrogens (tertiary/aromatic N) is 2. The van der Waals surface area contributed by atoms with E-state index in [1.54, 1.807) is 20.1 Å². The number of aromatic amines is 1. The molecule has 8 heteroatoms. The summed E-state index contributed by atoms with van der Waals surface area (Å²) in [7, 11) is 3.28. The van der Waals surface area contributed by atoms with Crippen LogP contribution in [0.5, 0.6) is 5.75 Å². The van der Waals surface area contributed by atoms with Crippen LogP contribution in [0.15, 0.2) is 35.1 Å². The molecule has 0 unspecified atom stereocenters. The summed E-state index contributed by atoms with van der Waals surface area (Å²) in [5, 5.41) is 3.90. The molecule has 194 valence electrons. The van der Waals surface area contributed by atoms with Crippen LogP contribution < -0.4 is 15.6 Å². The molecule has 2 aromatic heterocycles. The van der Waals surface area contributed by atoms with E-state index in [9.17, 15) is 9.59 Å². The molecule has 1 amide bonds. The molecule has 1 aliphatic rings. The minimum Gasteiger partial charge on any atom is -0.496 e. The van der Waals surface area contributed by atoms with Gasteiger partial charge in [-0.3, -0.25) is 9.59 Å². The standard InChI is InChI=1S/C28H38N4O4/c1-18-16-25(36-5)23(27(33)30-18)17-29-28(34)26-20(3)32(24-9-7-6-8-22(24)26)19(2)21-10-12-31(13-11-21)14-15-35-4/h6-9,16,19,21H,10-15,17H2,1-5H3,(H,29,34)(H,30,33)/t19-/m0/s1. The van der Waals surface area contributed by atoms with Gasteiger partial charge >= 0.3 is 0 Å². The van der Waals surface area contributed by atoms with E-state index in [-0.39, 0.29) is 24.1 Å². The predicted octanol–water partition coefficient (Wildman–Crippen LogP) is 3.80. The number of pyridine rings is 1. The van der Waals surface area contributed by atoms with Crippen molar-refractivity contribution in [1.29, 1.82) is 0 Å². The van der Waals surface area contributed by atoms with Gasteiger partial charge in [0.2, 0.25) is 0 Å². The second kappa shape index (κ2) is 11.3. The van der Waals surface area contributed by atoms with Crippen molar-refractivity contribution in [3.05, 3.63) is 63.2 Å². The van der Waals surface area contributed by atoms with Crippen LogP contribution in [0, 0.1) is 19.8 Å². The fourth-order valence-corrected chi connectivity index (χ4v) is 5.59. The third-order valence-electron chi connectivity index (χ3n) is 7.59. The molecular formula is C28H38N4O4. The number of nitrogens with one attached hydrogen (secondary N) is 2. The fraction of sp³-hybridized carbons (Fsp3) is 0.500. The van der Waals surface area contributed by atoms with Crippen molar-refractivity contribution in [2.24, 2.45) is 5.92 Å². The second-order valence-electron chi connectivity index (χ2n) is 9.77. The van der Waals surface area contributed by atoms with Crippen LogP contribution in [0.25, 0.3) is 10.9 Å². The van der Waals surface area contributed by atoms with E-state index in [0.717, 1.165) is 55.7 Å². The molecule has 1 aliphatic heterocycles. The van der Waals surface area contributed by atoms with Gasteiger partial charge in [-0.1, -0.05) is 18.2 Å². The summed E-state index contributed by atoms with van der Waals surface area (Å²) in [5.74, 6) is 0.816. The SMILES string of the molecule is COCCN1CCC([C@H](C)n2c(C)c(C(=O)NCc3c(OC)cc(C)[nH]c3=O)c3ccccc32)CC1. The molecule has 2 N–H and O–H groups in total. The van der Waals surface area contributed by atoms with Crippen LogP contribution in [0.2, 0.25) is 0 Å². The summed E-state index contributed by atoms with van der Waals surface area (Å²) in [6.45, 7) is 10.1. The number of rotatable bonds is 9. The van der Waals surface area contributed by atoms with Crippen LogP contribution >= 0.6 is 0 Å².